The molecule has 0 saturated heterocycles. The fourth-order valence-electron chi connectivity index (χ4n) is 11.7. The summed E-state index contributed by atoms with van der Waals surface area (Å²) in [5, 5.41) is 63.5. The summed E-state index contributed by atoms with van der Waals surface area (Å²) in [6.45, 7) is 38.9. The molecule has 4 atom stereocenters. The molecular weight excluding hydrogens is 1470 g/mol. The van der Waals surface area contributed by atoms with Gasteiger partial charge in [0.1, 0.15) is 28.2 Å². The van der Waals surface area contributed by atoms with Crippen molar-refractivity contribution in [2.45, 2.75) is 135 Å². The molecule has 20 nitrogen and oxygen atoms in total. The van der Waals surface area contributed by atoms with E-state index in [1.54, 1.807) is 71.9 Å². The van der Waals surface area contributed by atoms with E-state index in [4.69, 9.17) is 49.5 Å². The van der Waals surface area contributed by atoms with E-state index in [-0.39, 0.29) is 66.8 Å². The van der Waals surface area contributed by atoms with Crippen molar-refractivity contribution < 1.29 is 70.3 Å². The number of fused-ring (bicyclic) bond motifs is 4. The quantitative estimate of drug-likeness (QED) is 0.0412. The molecule has 0 aliphatic rings. The van der Waals surface area contributed by atoms with Crippen molar-refractivity contribution in [2.75, 3.05) is 0 Å². The molecule has 8 aromatic carbocycles. The SMILES string of the molecule is [C-]#[N+]c1ccc(CC(=O)[C@@](C)(O)Cn2cc3cc(C)ccc3n2)cc1C(F)(F)F.[C-]#[N+]c1ccc(CC(=O)[C@@](C)(O)Cn2cc3cc(F)ccc3n2)cc1Cl.[C-]#[N+]c1ccc(CC(=O)[C@@](C)(O)Cn2ncc3cc(C)ccc32)cc1C(F)(F)F.[C-]#[N+]c1ccc(CC(=O)[C@@](C)(O)Cn2ncc3cc(C)ccc32)cc1Cl. The zero-order valence-electron chi connectivity index (χ0n) is 60.0. The lowest BCUT2D eigenvalue weighted by Crippen LogP contribution is -2.41. The van der Waals surface area contributed by atoms with Crippen molar-refractivity contribution in [2.24, 2.45) is 0 Å². The lowest BCUT2D eigenvalue weighted by Gasteiger charge is -2.22. The highest BCUT2D eigenvalue weighted by Gasteiger charge is 2.38. The van der Waals surface area contributed by atoms with Gasteiger partial charge in [-0.25, -0.2) is 23.8 Å². The number of carbonyl (C=O) groups is 4. The molecule has 29 heteroatoms. The van der Waals surface area contributed by atoms with Gasteiger partial charge >= 0.3 is 12.4 Å². The summed E-state index contributed by atoms with van der Waals surface area (Å²) in [6, 6.07) is 37.2. The molecule has 564 valence electrons. The summed E-state index contributed by atoms with van der Waals surface area (Å²) < 4.78 is 98.0. The molecule has 4 N–H and O–H groups in total. The van der Waals surface area contributed by atoms with Gasteiger partial charge in [-0.15, -0.1) is 0 Å². The Kier molecular flexibility index (Phi) is 25.0. The lowest BCUT2D eigenvalue weighted by molar-refractivity contribution is -0.138. The fourth-order valence-corrected chi connectivity index (χ4v) is 12.2. The molecule has 0 fully saturated rings. The predicted octanol–water partition coefficient (Wildman–Crippen LogP) is 17.0. The van der Waals surface area contributed by atoms with Crippen LogP contribution in [0.1, 0.15) is 77.8 Å². The van der Waals surface area contributed by atoms with Gasteiger partial charge in [-0.3, -0.25) is 37.9 Å². The Morgan fingerprint density at radius 1 is 0.409 bits per heavy atom. The van der Waals surface area contributed by atoms with Crippen molar-refractivity contribution in [3.63, 3.8) is 0 Å². The first kappa shape index (κ1) is 82.3. The summed E-state index contributed by atoms with van der Waals surface area (Å²) in [5.74, 6) is -2.40. The molecule has 110 heavy (non-hydrogen) atoms. The number of aromatic nitrogens is 8. The number of aryl methyl sites for hydroxylation is 3. The van der Waals surface area contributed by atoms with Crippen LogP contribution in [0.2, 0.25) is 10.0 Å². The van der Waals surface area contributed by atoms with Gasteiger partial charge in [0.25, 0.3) is 0 Å². The van der Waals surface area contributed by atoms with Crippen molar-refractivity contribution in [1.29, 1.82) is 0 Å². The molecule has 4 aromatic heterocycles. The number of benzene rings is 8. The summed E-state index contributed by atoms with van der Waals surface area (Å²) >= 11 is 12.0. The Labute approximate surface area is 636 Å². The van der Waals surface area contributed by atoms with Gasteiger partial charge in [0.15, 0.2) is 34.5 Å². The monoisotopic (exact) mass is 1540 g/mol. The zero-order chi connectivity index (χ0) is 80.6. The maximum absolute atomic E-state index is 13.3. The van der Waals surface area contributed by atoms with Crippen LogP contribution >= 0.6 is 23.2 Å². The molecule has 0 aliphatic heterocycles. The first-order valence-electron chi connectivity index (χ1n) is 33.5. The van der Waals surface area contributed by atoms with Gasteiger partial charge < -0.3 is 20.4 Å². The minimum Gasteiger partial charge on any atom is -0.380 e. The van der Waals surface area contributed by atoms with E-state index in [0.717, 1.165) is 68.1 Å². The van der Waals surface area contributed by atoms with Crippen LogP contribution in [0.15, 0.2) is 170 Å². The molecule has 12 aromatic rings. The van der Waals surface area contributed by atoms with Crippen LogP contribution in [0.3, 0.4) is 0 Å². The van der Waals surface area contributed by atoms with Crippen molar-refractivity contribution in [1.82, 2.24) is 39.1 Å². The number of hydrogen-bond donors (Lipinski definition) is 4. The number of aliphatic hydroxyl groups is 4. The van der Waals surface area contributed by atoms with E-state index in [2.05, 4.69) is 39.8 Å². The van der Waals surface area contributed by atoms with E-state index in [1.165, 1.54) is 66.0 Å². The van der Waals surface area contributed by atoms with Crippen LogP contribution in [0.5, 0.6) is 0 Å². The molecule has 0 spiro atoms. The standard InChI is InChI=1S/2C21H18F3N3O2.C20H18ClN3O2.C19H15ClFN3O2/c1-13-4-7-18-15(8-13)11-26-27(18)12-20(2,29)19(28)10-14-5-6-17(25-3)16(9-14)21(22,23)24;1-13-4-6-17-15(8-13)11-27(26-17)12-20(2,29)19(28)10-14-5-7-18(25-3)16(9-14)21(22,23)24;1-13-4-7-18-15(8-13)11-23-24(18)12-20(2,26)19(25)10-14-5-6-17(22-3)16(21)9-14;1-19(26,11-24-10-13-9-14(21)4-6-16(13)23-24)18(25)8-12-3-5-17(22-2)15(20)7-12/h2*4-9,11,29H,10,12H2,1-2H3;4-9,11,26H,10,12H2,1-2H3;3-7,9-10,26H,8,11H2,1H3/t3*20-;19-/m0000/s1. The maximum Gasteiger partial charge on any atom is 0.407 e. The van der Waals surface area contributed by atoms with E-state index in [1.807, 2.05) is 75.4 Å². The maximum atomic E-state index is 13.3. The summed E-state index contributed by atoms with van der Waals surface area (Å²) in [7, 11) is 0. The Hall–Kier alpha value is -11.8. The number of hydrogen-bond acceptors (Lipinski definition) is 12. The van der Waals surface area contributed by atoms with Crippen molar-refractivity contribution in [3.05, 3.63) is 282 Å². The van der Waals surface area contributed by atoms with Gasteiger partial charge in [0.05, 0.1) is 98.1 Å². The Bertz CT molecular complexity index is 5690. The van der Waals surface area contributed by atoms with Crippen LogP contribution in [-0.2, 0) is 83.4 Å². The van der Waals surface area contributed by atoms with Gasteiger partial charge in [-0.05, 0) is 125 Å². The average molecular weight is 1540 g/mol. The second kappa shape index (κ2) is 33.4. The number of rotatable bonds is 20. The first-order chi connectivity index (χ1) is 51.6. The summed E-state index contributed by atoms with van der Waals surface area (Å²) in [5.41, 5.74) is -1.94. The van der Waals surface area contributed by atoms with E-state index < -0.39 is 87.4 Å². The molecule has 4 heterocycles. The molecule has 12 rings (SSSR count). The fraction of sp³-hybridized carbons (Fsp3) is 0.259. The molecule has 0 bridgehead atoms. The van der Waals surface area contributed by atoms with Crippen LogP contribution < -0.4 is 0 Å². The second-order valence-electron chi connectivity index (χ2n) is 27.4. The van der Waals surface area contributed by atoms with Gasteiger partial charge in [0.2, 0.25) is 11.4 Å². The number of carbonyl (C=O) groups excluding carboxylic acids is 4. The predicted molar refractivity (Wildman–Crippen MR) is 401 cm³/mol. The normalized spacial score (nSPS) is 13.6. The molecule has 0 unspecified atom stereocenters. The van der Waals surface area contributed by atoms with E-state index in [0.29, 0.717) is 43.9 Å². The number of Topliss-reactive ketones (excluding diaryl/α,β-unsaturated/α-hetero) is 4. The van der Waals surface area contributed by atoms with Crippen LogP contribution in [0, 0.1) is 52.9 Å². The minimum atomic E-state index is -4.70. The highest BCUT2D eigenvalue weighted by molar-refractivity contribution is 6.33. The third-order valence-electron chi connectivity index (χ3n) is 17.8. The van der Waals surface area contributed by atoms with E-state index >= 15 is 0 Å². The molecule has 0 saturated carbocycles. The number of nitrogens with zero attached hydrogens (tertiary/aromatic N) is 12. The smallest absolute Gasteiger partial charge is 0.380 e. The van der Waals surface area contributed by atoms with Crippen LogP contribution in [0.25, 0.3) is 63.0 Å². The third-order valence-corrected chi connectivity index (χ3v) is 18.4. The summed E-state index contributed by atoms with van der Waals surface area (Å²) in [4.78, 5) is 62.7. The highest BCUT2D eigenvalue weighted by Crippen LogP contribution is 2.39. The van der Waals surface area contributed by atoms with Crippen molar-refractivity contribution in [3.8, 4) is 0 Å². The van der Waals surface area contributed by atoms with Crippen LogP contribution in [-0.4, -0.2) is 105 Å². The van der Waals surface area contributed by atoms with Gasteiger partial charge in [-0.2, -0.15) is 46.7 Å². The Morgan fingerprint density at radius 3 is 1.06 bits per heavy atom. The molecule has 0 amide bonds. The Balaban J connectivity index is 0.000000169. The number of alkyl halides is 6. The molecule has 0 radical (unpaired) electrons. The Morgan fingerprint density at radius 2 is 0.718 bits per heavy atom. The summed E-state index contributed by atoms with van der Waals surface area (Å²) in [6.07, 6.45) is -3.54. The largest absolute Gasteiger partial charge is 0.407 e. The average Bonchev–Trinajstić information content (AvgIpc) is 1.74. The second-order valence-corrected chi connectivity index (χ2v) is 28.2. The van der Waals surface area contributed by atoms with Gasteiger partial charge in [-0.1, -0.05) is 131 Å². The lowest BCUT2D eigenvalue weighted by atomic mass is 9.94. The topological polar surface area (TPSA) is 238 Å². The third kappa shape index (κ3) is 20.5. The van der Waals surface area contributed by atoms with E-state index in [9.17, 15) is 70.3 Å². The first-order valence-corrected chi connectivity index (χ1v) is 34.3. The zero-order valence-corrected chi connectivity index (χ0v) is 61.5. The molecular formula is C81H69Cl2F7N12O8. The van der Waals surface area contributed by atoms with Crippen molar-refractivity contribution >= 4 is 113 Å². The highest BCUT2D eigenvalue weighted by atomic mass is 35.5. The minimum absolute atomic E-state index is 0.0274. The number of ketones is 4. The number of halogens is 9. The van der Waals surface area contributed by atoms with Gasteiger partial charge in [0, 0.05) is 69.7 Å². The van der Waals surface area contributed by atoms with Crippen LogP contribution in [0.4, 0.5) is 53.5 Å². The molecule has 0 aliphatic carbocycles.